The van der Waals surface area contributed by atoms with Crippen molar-refractivity contribution in [2.24, 2.45) is 5.92 Å². The summed E-state index contributed by atoms with van der Waals surface area (Å²) in [6.45, 7) is 0.540. The maximum absolute atomic E-state index is 11.8. The summed E-state index contributed by atoms with van der Waals surface area (Å²) in [6.07, 6.45) is 3.12. The summed E-state index contributed by atoms with van der Waals surface area (Å²) in [5, 5.41) is 22.6. The number of nitrogens with zero attached hydrogens (tertiary/aromatic N) is 1. The molecular weight excluding hydrogens is 250 g/mol. The van der Waals surface area contributed by atoms with Crippen LogP contribution in [0.4, 0.5) is 5.82 Å². The van der Waals surface area contributed by atoms with Gasteiger partial charge in [0.25, 0.3) is 5.91 Å². The number of aromatic amines is 1. The third-order valence-corrected chi connectivity index (χ3v) is 3.48. The van der Waals surface area contributed by atoms with Gasteiger partial charge in [0, 0.05) is 12.6 Å². The summed E-state index contributed by atoms with van der Waals surface area (Å²) in [5.74, 6) is -0.151. The first-order valence-corrected chi connectivity index (χ1v) is 6.36. The van der Waals surface area contributed by atoms with Gasteiger partial charge in [-0.3, -0.25) is 4.79 Å². The number of amides is 1. The molecule has 0 aromatic carbocycles. The molecule has 7 heteroatoms. The lowest BCUT2D eigenvalue weighted by Crippen LogP contribution is -2.32. The van der Waals surface area contributed by atoms with E-state index in [0.717, 1.165) is 25.7 Å². The Morgan fingerprint density at radius 1 is 1.42 bits per heavy atom. The maximum atomic E-state index is 11.8. The molecule has 19 heavy (non-hydrogen) atoms. The van der Waals surface area contributed by atoms with Gasteiger partial charge in [-0.05, 0) is 42.6 Å². The van der Waals surface area contributed by atoms with Gasteiger partial charge in [0.2, 0.25) is 0 Å². The SMILES string of the molecule is O=C(NCC1CCC(O)CC1)c1ccc([N+](=O)[O-])[nH]1. The molecule has 0 atom stereocenters. The minimum atomic E-state index is -0.570. The number of nitro groups is 1. The van der Waals surface area contributed by atoms with Crippen molar-refractivity contribution >= 4 is 11.7 Å². The van der Waals surface area contributed by atoms with Gasteiger partial charge in [-0.1, -0.05) is 0 Å². The third-order valence-electron chi connectivity index (χ3n) is 3.48. The van der Waals surface area contributed by atoms with E-state index in [1.807, 2.05) is 0 Å². The molecule has 2 rings (SSSR count). The van der Waals surface area contributed by atoms with Gasteiger partial charge in [0.05, 0.1) is 6.10 Å². The molecule has 1 saturated carbocycles. The van der Waals surface area contributed by atoms with Gasteiger partial charge in [0.15, 0.2) is 5.69 Å². The molecule has 3 N–H and O–H groups in total. The van der Waals surface area contributed by atoms with Gasteiger partial charge in [-0.15, -0.1) is 0 Å². The highest BCUT2D eigenvalue weighted by Gasteiger charge is 2.21. The van der Waals surface area contributed by atoms with Crippen molar-refractivity contribution in [3.8, 4) is 0 Å². The first-order chi connectivity index (χ1) is 9.06. The molecule has 7 nitrogen and oxygen atoms in total. The predicted octanol–water partition coefficient (Wildman–Crippen LogP) is 1.20. The van der Waals surface area contributed by atoms with Gasteiger partial charge in [-0.25, -0.2) is 4.98 Å². The molecule has 1 aliphatic rings. The molecule has 0 bridgehead atoms. The Kier molecular flexibility index (Phi) is 4.16. The van der Waals surface area contributed by atoms with Crippen LogP contribution in [0.15, 0.2) is 12.1 Å². The standard InChI is InChI=1S/C12H17N3O4/c16-9-3-1-8(2-4-9)7-13-12(17)10-5-6-11(14-10)15(18)19/h5-6,8-9,14,16H,1-4,7H2,(H,13,17). The van der Waals surface area contributed by atoms with Crippen LogP contribution < -0.4 is 5.32 Å². The van der Waals surface area contributed by atoms with E-state index < -0.39 is 4.92 Å². The second-order valence-electron chi connectivity index (χ2n) is 4.90. The molecule has 0 unspecified atom stereocenters. The van der Waals surface area contributed by atoms with Crippen LogP contribution in [-0.4, -0.2) is 33.6 Å². The Morgan fingerprint density at radius 2 is 2.11 bits per heavy atom. The maximum Gasteiger partial charge on any atom is 0.321 e. The fraction of sp³-hybridized carbons (Fsp3) is 0.583. The molecule has 1 fully saturated rings. The topological polar surface area (TPSA) is 108 Å². The Morgan fingerprint density at radius 3 is 2.68 bits per heavy atom. The number of hydrogen-bond donors (Lipinski definition) is 3. The Labute approximate surface area is 110 Å². The first-order valence-electron chi connectivity index (χ1n) is 6.36. The number of carbonyl (C=O) groups is 1. The Bertz CT molecular complexity index is 463. The zero-order valence-corrected chi connectivity index (χ0v) is 10.5. The van der Waals surface area contributed by atoms with Crippen LogP contribution in [-0.2, 0) is 0 Å². The number of aliphatic hydroxyl groups is 1. The van der Waals surface area contributed by atoms with Crippen LogP contribution in [0, 0.1) is 16.0 Å². The van der Waals surface area contributed by atoms with E-state index in [1.54, 1.807) is 0 Å². The first kappa shape index (κ1) is 13.5. The molecule has 1 heterocycles. The highest BCUT2D eigenvalue weighted by molar-refractivity contribution is 5.92. The van der Waals surface area contributed by atoms with E-state index in [4.69, 9.17) is 0 Å². The summed E-state index contributed by atoms with van der Waals surface area (Å²) in [6, 6.07) is 2.67. The van der Waals surface area contributed by atoms with E-state index in [-0.39, 0.29) is 23.5 Å². The molecule has 0 radical (unpaired) electrons. The van der Waals surface area contributed by atoms with Crippen molar-refractivity contribution in [1.29, 1.82) is 0 Å². The normalized spacial score (nSPS) is 23.0. The minimum absolute atomic E-state index is 0.189. The van der Waals surface area contributed by atoms with Crippen LogP contribution in [0.3, 0.4) is 0 Å². The number of aromatic nitrogens is 1. The lowest BCUT2D eigenvalue weighted by atomic mass is 9.87. The van der Waals surface area contributed by atoms with Crippen molar-refractivity contribution < 1.29 is 14.8 Å². The fourth-order valence-corrected chi connectivity index (χ4v) is 2.30. The quantitative estimate of drug-likeness (QED) is 0.562. The summed E-state index contributed by atoms with van der Waals surface area (Å²) < 4.78 is 0. The summed E-state index contributed by atoms with van der Waals surface area (Å²) in [5.41, 5.74) is 0.197. The van der Waals surface area contributed by atoms with Crippen LogP contribution in [0.5, 0.6) is 0 Å². The van der Waals surface area contributed by atoms with Gasteiger partial charge < -0.3 is 20.5 Å². The lowest BCUT2D eigenvalue weighted by Gasteiger charge is -2.25. The van der Waals surface area contributed by atoms with E-state index in [0.29, 0.717) is 12.5 Å². The smallest absolute Gasteiger partial charge is 0.321 e. The average Bonchev–Trinajstić information content (AvgIpc) is 2.87. The van der Waals surface area contributed by atoms with Gasteiger partial charge in [-0.2, -0.15) is 0 Å². The number of nitrogens with one attached hydrogen (secondary N) is 2. The minimum Gasteiger partial charge on any atom is -0.393 e. The number of hydrogen-bond acceptors (Lipinski definition) is 4. The van der Waals surface area contributed by atoms with Gasteiger partial charge >= 0.3 is 5.82 Å². The van der Waals surface area contributed by atoms with Crippen LogP contribution in [0.25, 0.3) is 0 Å². The zero-order valence-electron chi connectivity index (χ0n) is 10.5. The third kappa shape index (κ3) is 3.54. The highest BCUT2D eigenvalue weighted by Crippen LogP contribution is 2.23. The number of aliphatic hydroxyl groups excluding tert-OH is 1. The zero-order chi connectivity index (χ0) is 13.8. The lowest BCUT2D eigenvalue weighted by molar-refractivity contribution is -0.389. The van der Waals surface area contributed by atoms with Crippen molar-refractivity contribution in [3.05, 3.63) is 27.9 Å². The molecule has 0 spiro atoms. The van der Waals surface area contributed by atoms with E-state index in [2.05, 4.69) is 10.3 Å². The Hall–Kier alpha value is -1.89. The number of rotatable bonds is 4. The molecule has 0 saturated heterocycles. The summed E-state index contributed by atoms with van der Waals surface area (Å²) in [4.78, 5) is 24.2. The number of carbonyl (C=O) groups excluding carboxylic acids is 1. The van der Waals surface area contributed by atoms with Crippen molar-refractivity contribution in [1.82, 2.24) is 10.3 Å². The monoisotopic (exact) mass is 267 g/mol. The molecular formula is C12H17N3O4. The molecule has 104 valence electrons. The second kappa shape index (κ2) is 5.83. The fourth-order valence-electron chi connectivity index (χ4n) is 2.30. The van der Waals surface area contributed by atoms with E-state index in [1.165, 1.54) is 12.1 Å². The molecule has 1 amide bonds. The van der Waals surface area contributed by atoms with Gasteiger partial charge in [0.1, 0.15) is 0 Å². The number of H-pyrrole nitrogens is 1. The average molecular weight is 267 g/mol. The van der Waals surface area contributed by atoms with Crippen LogP contribution >= 0.6 is 0 Å². The molecule has 1 aromatic rings. The second-order valence-corrected chi connectivity index (χ2v) is 4.90. The molecule has 1 aromatic heterocycles. The predicted molar refractivity (Wildman–Crippen MR) is 67.7 cm³/mol. The van der Waals surface area contributed by atoms with E-state index >= 15 is 0 Å². The van der Waals surface area contributed by atoms with E-state index in [9.17, 15) is 20.0 Å². The summed E-state index contributed by atoms with van der Waals surface area (Å²) in [7, 11) is 0. The Balaban J connectivity index is 1.82. The largest absolute Gasteiger partial charge is 0.393 e. The summed E-state index contributed by atoms with van der Waals surface area (Å²) >= 11 is 0. The highest BCUT2D eigenvalue weighted by atomic mass is 16.6. The van der Waals surface area contributed by atoms with Crippen LogP contribution in [0.2, 0.25) is 0 Å². The van der Waals surface area contributed by atoms with Crippen LogP contribution in [0.1, 0.15) is 36.2 Å². The molecule has 1 aliphatic carbocycles. The molecule has 0 aliphatic heterocycles. The van der Waals surface area contributed by atoms with Crippen molar-refractivity contribution in [2.45, 2.75) is 31.8 Å². The van der Waals surface area contributed by atoms with Crippen molar-refractivity contribution in [2.75, 3.05) is 6.54 Å². The van der Waals surface area contributed by atoms with Crippen molar-refractivity contribution in [3.63, 3.8) is 0 Å².